The van der Waals surface area contributed by atoms with Crippen molar-refractivity contribution in [2.45, 2.75) is 32.6 Å². The number of nitrogens with one attached hydrogen (secondary N) is 1. The fourth-order valence-electron chi connectivity index (χ4n) is 3.43. The Bertz CT molecular complexity index is 289. The first-order valence-corrected chi connectivity index (χ1v) is 7.88. The molecule has 1 N–H and O–H groups in total. The quantitative estimate of drug-likeness (QED) is 0.620. The minimum absolute atomic E-state index is 0.922. The number of hydrogen-bond acceptors (Lipinski definition) is 2. The Hall–Kier alpha value is -0.770. The second kappa shape index (κ2) is 7.13. The lowest BCUT2D eigenvalue weighted by Gasteiger charge is -2.23. The molecule has 0 radical (unpaired) electrons. The van der Waals surface area contributed by atoms with Gasteiger partial charge in [-0.25, -0.2) is 0 Å². The maximum absolute atomic E-state index is 4.46. The van der Waals surface area contributed by atoms with Crippen LogP contribution in [0.5, 0.6) is 0 Å². The lowest BCUT2D eigenvalue weighted by atomic mass is 9.82. The minimum Gasteiger partial charge on any atom is -0.355 e. The smallest absolute Gasteiger partial charge is 0.193 e. The summed E-state index contributed by atoms with van der Waals surface area (Å²) in [6, 6.07) is 0. The van der Waals surface area contributed by atoms with Crippen molar-refractivity contribution in [3.8, 4) is 0 Å². The van der Waals surface area contributed by atoms with E-state index in [1.54, 1.807) is 0 Å². The SMILES string of the molecule is CCN(C)CCNC(=NC)N1CC2CCCCC2C1. The van der Waals surface area contributed by atoms with Gasteiger partial charge >= 0.3 is 0 Å². The third-order valence-electron chi connectivity index (χ3n) is 4.80. The molecular weight excluding hydrogens is 236 g/mol. The van der Waals surface area contributed by atoms with Crippen LogP contribution < -0.4 is 5.32 Å². The van der Waals surface area contributed by atoms with Crippen molar-refractivity contribution in [3.63, 3.8) is 0 Å². The van der Waals surface area contributed by atoms with Crippen LogP contribution in [-0.4, -0.2) is 62.6 Å². The molecule has 1 aliphatic carbocycles. The summed E-state index contributed by atoms with van der Waals surface area (Å²) in [5, 5.41) is 3.52. The number of rotatable bonds is 4. The second-order valence-electron chi connectivity index (χ2n) is 6.08. The molecule has 1 aliphatic heterocycles. The highest BCUT2D eigenvalue weighted by atomic mass is 15.3. The van der Waals surface area contributed by atoms with Crippen LogP contribution in [0.4, 0.5) is 0 Å². The first-order valence-electron chi connectivity index (χ1n) is 7.88. The Balaban J connectivity index is 1.79. The van der Waals surface area contributed by atoms with Crippen LogP contribution in [0.25, 0.3) is 0 Å². The van der Waals surface area contributed by atoms with Crippen LogP contribution in [0.2, 0.25) is 0 Å². The monoisotopic (exact) mass is 266 g/mol. The molecule has 110 valence electrons. The standard InChI is InChI=1S/C15H30N4/c1-4-18(3)10-9-17-15(16-2)19-11-13-7-5-6-8-14(13)12-19/h13-14H,4-12H2,1-3H3,(H,16,17). The van der Waals surface area contributed by atoms with Crippen LogP contribution in [0, 0.1) is 11.8 Å². The first-order chi connectivity index (χ1) is 9.24. The van der Waals surface area contributed by atoms with Crippen LogP contribution >= 0.6 is 0 Å². The molecule has 0 bridgehead atoms. The molecule has 2 fully saturated rings. The van der Waals surface area contributed by atoms with Gasteiger partial charge in [0, 0.05) is 33.2 Å². The van der Waals surface area contributed by atoms with Crippen molar-refractivity contribution in [2.24, 2.45) is 16.8 Å². The Kier molecular flexibility index (Phi) is 5.49. The minimum atomic E-state index is 0.922. The van der Waals surface area contributed by atoms with Crippen molar-refractivity contribution in [3.05, 3.63) is 0 Å². The van der Waals surface area contributed by atoms with E-state index in [9.17, 15) is 0 Å². The zero-order chi connectivity index (χ0) is 13.7. The summed E-state index contributed by atoms with van der Waals surface area (Å²) in [4.78, 5) is 9.27. The van der Waals surface area contributed by atoms with Crippen molar-refractivity contribution >= 4 is 5.96 Å². The zero-order valence-electron chi connectivity index (χ0n) is 12.9. The van der Waals surface area contributed by atoms with Gasteiger partial charge in [-0.05, 0) is 38.3 Å². The van der Waals surface area contributed by atoms with E-state index in [0.29, 0.717) is 0 Å². The summed E-state index contributed by atoms with van der Waals surface area (Å²) in [5.41, 5.74) is 0. The fraction of sp³-hybridized carbons (Fsp3) is 0.933. The van der Waals surface area contributed by atoms with E-state index < -0.39 is 0 Å². The van der Waals surface area contributed by atoms with E-state index in [2.05, 4.69) is 34.1 Å². The van der Waals surface area contributed by atoms with Gasteiger partial charge in [-0.1, -0.05) is 19.8 Å². The summed E-state index contributed by atoms with van der Waals surface area (Å²) >= 11 is 0. The summed E-state index contributed by atoms with van der Waals surface area (Å²) in [6.45, 7) is 7.80. The highest BCUT2D eigenvalue weighted by Gasteiger charge is 2.35. The molecule has 2 unspecified atom stereocenters. The van der Waals surface area contributed by atoms with Crippen molar-refractivity contribution in [1.82, 2.24) is 15.1 Å². The summed E-state index contributed by atoms with van der Waals surface area (Å²) in [7, 11) is 4.07. The van der Waals surface area contributed by atoms with Gasteiger partial charge in [0.25, 0.3) is 0 Å². The number of hydrogen-bond donors (Lipinski definition) is 1. The van der Waals surface area contributed by atoms with E-state index in [1.165, 1.54) is 38.8 Å². The topological polar surface area (TPSA) is 30.9 Å². The normalized spacial score (nSPS) is 27.8. The molecule has 4 nitrogen and oxygen atoms in total. The molecule has 1 saturated heterocycles. The molecular formula is C15H30N4. The molecule has 0 amide bonds. The molecule has 0 aromatic heterocycles. The van der Waals surface area contributed by atoms with Crippen LogP contribution in [0.1, 0.15) is 32.6 Å². The molecule has 0 aromatic rings. The number of guanidine groups is 1. The highest BCUT2D eigenvalue weighted by molar-refractivity contribution is 5.80. The van der Waals surface area contributed by atoms with E-state index in [4.69, 9.17) is 0 Å². The van der Waals surface area contributed by atoms with Gasteiger partial charge in [0.05, 0.1) is 0 Å². The highest BCUT2D eigenvalue weighted by Crippen LogP contribution is 2.35. The van der Waals surface area contributed by atoms with Crippen molar-refractivity contribution in [2.75, 3.05) is 46.8 Å². The molecule has 0 spiro atoms. The van der Waals surface area contributed by atoms with E-state index in [1.807, 2.05) is 7.05 Å². The third kappa shape index (κ3) is 3.85. The number of nitrogens with zero attached hydrogens (tertiary/aromatic N) is 3. The average molecular weight is 266 g/mol. The van der Waals surface area contributed by atoms with Gasteiger partial charge in [-0.15, -0.1) is 0 Å². The molecule has 2 rings (SSSR count). The predicted molar refractivity (Wildman–Crippen MR) is 81.6 cm³/mol. The maximum atomic E-state index is 4.46. The number of likely N-dealkylation sites (N-methyl/N-ethyl adjacent to an activating group) is 1. The largest absolute Gasteiger partial charge is 0.355 e. The third-order valence-corrected chi connectivity index (χ3v) is 4.80. The average Bonchev–Trinajstić information content (AvgIpc) is 2.86. The molecule has 1 saturated carbocycles. The number of aliphatic imine (C=N–C) groups is 1. The lowest BCUT2D eigenvalue weighted by Crippen LogP contribution is -2.43. The Morgan fingerprint density at radius 3 is 2.42 bits per heavy atom. The van der Waals surface area contributed by atoms with Crippen LogP contribution in [-0.2, 0) is 0 Å². The molecule has 2 aliphatic rings. The summed E-state index contributed by atoms with van der Waals surface area (Å²) in [5.74, 6) is 2.95. The number of likely N-dealkylation sites (tertiary alicyclic amines) is 1. The van der Waals surface area contributed by atoms with Gasteiger partial charge in [-0.3, -0.25) is 4.99 Å². The Labute approximate surface area is 118 Å². The summed E-state index contributed by atoms with van der Waals surface area (Å²) in [6.07, 6.45) is 5.72. The molecule has 1 heterocycles. The molecule has 0 aromatic carbocycles. The van der Waals surface area contributed by atoms with E-state index in [-0.39, 0.29) is 0 Å². The molecule has 4 heteroatoms. The van der Waals surface area contributed by atoms with Crippen LogP contribution in [0.3, 0.4) is 0 Å². The van der Waals surface area contributed by atoms with E-state index >= 15 is 0 Å². The van der Waals surface area contributed by atoms with Crippen molar-refractivity contribution in [1.29, 1.82) is 0 Å². The maximum Gasteiger partial charge on any atom is 0.193 e. The summed E-state index contributed by atoms with van der Waals surface area (Å²) < 4.78 is 0. The zero-order valence-corrected chi connectivity index (χ0v) is 12.9. The van der Waals surface area contributed by atoms with Gasteiger partial charge in [-0.2, -0.15) is 0 Å². The number of fused-ring (bicyclic) bond motifs is 1. The van der Waals surface area contributed by atoms with Gasteiger partial charge in [0.1, 0.15) is 0 Å². The predicted octanol–water partition coefficient (Wildman–Crippen LogP) is 1.64. The molecule has 19 heavy (non-hydrogen) atoms. The fourth-order valence-corrected chi connectivity index (χ4v) is 3.43. The molecule has 2 atom stereocenters. The van der Waals surface area contributed by atoms with Gasteiger partial charge in [0.2, 0.25) is 0 Å². The Morgan fingerprint density at radius 1 is 1.26 bits per heavy atom. The van der Waals surface area contributed by atoms with Crippen LogP contribution in [0.15, 0.2) is 4.99 Å². The van der Waals surface area contributed by atoms with Crippen molar-refractivity contribution < 1.29 is 0 Å². The van der Waals surface area contributed by atoms with Gasteiger partial charge in [0.15, 0.2) is 5.96 Å². The second-order valence-corrected chi connectivity index (χ2v) is 6.08. The van der Waals surface area contributed by atoms with Gasteiger partial charge < -0.3 is 15.1 Å². The first kappa shape index (κ1) is 14.6. The lowest BCUT2D eigenvalue weighted by molar-refractivity contribution is 0.299. The van der Waals surface area contributed by atoms with E-state index in [0.717, 1.165) is 37.4 Å². The Morgan fingerprint density at radius 2 is 1.89 bits per heavy atom.